The van der Waals surface area contributed by atoms with Crippen molar-refractivity contribution >= 4 is 23.2 Å². The van der Waals surface area contributed by atoms with Crippen LogP contribution >= 0.6 is 23.2 Å². The van der Waals surface area contributed by atoms with Gasteiger partial charge < -0.3 is 4.74 Å². The predicted octanol–water partition coefficient (Wildman–Crippen LogP) is 4.70. The molecular weight excluding hydrogens is 380 g/mol. The number of benzene rings is 1. The Balaban J connectivity index is 1.69. The number of alkyl halides is 3. The van der Waals surface area contributed by atoms with Crippen molar-refractivity contribution in [1.29, 1.82) is 0 Å². The van der Waals surface area contributed by atoms with Gasteiger partial charge in [-0.3, -0.25) is 0 Å². The quantitative estimate of drug-likeness (QED) is 0.649. The van der Waals surface area contributed by atoms with Crippen LogP contribution < -0.4 is 4.74 Å². The normalized spacial score (nSPS) is 11.6. The molecule has 0 saturated carbocycles. The number of rotatable bonds is 4. The average molecular weight is 389 g/mol. The molecule has 0 saturated heterocycles. The van der Waals surface area contributed by atoms with E-state index in [1.165, 1.54) is 4.68 Å². The van der Waals surface area contributed by atoms with E-state index in [-0.39, 0.29) is 17.6 Å². The number of aromatic nitrogens is 4. The lowest BCUT2D eigenvalue weighted by molar-refractivity contribution is -0.137. The summed E-state index contributed by atoms with van der Waals surface area (Å²) in [7, 11) is 0. The summed E-state index contributed by atoms with van der Waals surface area (Å²) >= 11 is 11.6. The summed E-state index contributed by atoms with van der Waals surface area (Å²) in [5.74, 6) is -0.127. The molecule has 0 spiro atoms. The largest absolute Gasteiger partial charge is 0.453 e. The van der Waals surface area contributed by atoms with Crippen molar-refractivity contribution < 1.29 is 17.9 Å². The maximum atomic E-state index is 12.6. The van der Waals surface area contributed by atoms with Crippen LogP contribution in [0.15, 0.2) is 42.7 Å². The van der Waals surface area contributed by atoms with Crippen molar-refractivity contribution in [3.05, 3.63) is 58.3 Å². The third-order valence-electron chi connectivity index (χ3n) is 3.15. The highest BCUT2D eigenvalue weighted by atomic mass is 35.5. The van der Waals surface area contributed by atoms with Gasteiger partial charge in [0.15, 0.2) is 6.73 Å². The minimum Gasteiger partial charge on any atom is -0.453 e. The van der Waals surface area contributed by atoms with E-state index in [2.05, 4.69) is 15.3 Å². The number of halogens is 5. The van der Waals surface area contributed by atoms with Gasteiger partial charge in [-0.25, -0.2) is 9.67 Å². The fraction of sp³-hybridized carbons (Fsp3) is 0.133. The van der Waals surface area contributed by atoms with Crippen molar-refractivity contribution in [3.8, 4) is 17.1 Å². The highest BCUT2D eigenvalue weighted by molar-refractivity contribution is 6.31. The molecule has 0 atom stereocenters. The Hall–Kier alpha value is -2.32. The molecule has 0 aliphatic carbocycles. The van der Waals surface area contributed by atoms with Gasteiger partial charge in [-0.2, -0.15) is 13.2 Å². The van der Waals surface area contributed by atoms with Crippen LogP contribution in [-0.4, -0.2) is 20.0 Å². The molecule has 0 fully saturated rings. The minimum atomic E-state index is -4.52. The Morgan fingerprint density at radius 2 is 1.84 bits per heavy atom. The molecule has 0 aliphatic heterocycles. The van der Waals surface area contributed by atoms with E-state index in [1.807, 2.05) is 0 Å². The van der Waals surface area contributed by atoms with Gasteiger partial charge in [0.2, 0.25) is 5.88 Å². The summed E-state index contributed by atoms with van der Waals surface area (Å²) in [5, 5.41) is 8.22. The highest BCUT2D eigenvalue weighted by Crippen LogP contribution is 2.33. The first-order valence-electron chi connectivity index (χ1n) is 6.84. The van der Waals surface area contributed by atoms with E-state index in [0.29, 0.717) is 16.9 Å². The first-order chi connectivity index (χ1) is 11.8. The number of nitrogens with zero attached hydrogens (tertiary/aromatic N) is 4. The SMILES string of the molecule is FC(F)(F)c1cnc(OCn2cc(-c3ccc(Cl)cc3)nn2)c(Cl)c1. The molecule has 0 amide bonds. The second-order valence-corrected chi connectivity index (χ2v) is 5.78. The van der Waals surface area contributed by atoms with E-state index in [4.69, 9.17) is 27.9 Å². The monoisotopic (exact) mass is 388 g/mol. The van der Waals surface area contributed by atoms with Crippen LogP contribution in [0.5, 0.6) is 5.88 Å². The second-order valence-electron chi connectivity index (χ2n) is 4.93. The van der Waals surface area contributed by atoms with Gasteiger partial charge in [0.05, 0.1) is 11.8 Å². The molecule has 0 unspecified atom stereocenters. The topological polar surface area (TPSA) is 52.8 Å². The van der Waals surface area contributed by atoms with Crippen LogP contribution in [0.25, 0.3) is 11.3 Å². The molecule has 2 aromatic heterocycles. The Labute approximate surface area is 150 Å². The molecule has 0 radical (unpaired) electrons. The van der Waals surface area contributed by atoms with Gasteiger partial charge in [0.25, 0.3) is 0 Å². The molecule has 0 aliphatic rings. The molecule has 2 heterocycles. The number of hydrogen-bond donors (Lipinski definition) is 0. The van der Waals surface area contributed by atoms with Crippen LogP contribution in [0, 0.1) is 0 Å². The Kier molecular flexibility index (Phi) is 4.82. The fourth-order valence-electron chi connectivity index (χ4n) is 1.93. The van der Waals surface area contributed by atoms with Crippen LogP contribution in [0.4, 0.5) is 13.2 Å². The third-order valence-corrected chi connectivity index (χ3v) is 3.67. The molecule has 0 bridgehead atoms. The lowest BCUT2D eigenvalue weighted by Gasteiger charge is -2.09. The summed E-state index contributed by atoms with van der Waals surface area (Å²) in [4.78, 5) is 3.58. The van der Waals surface area contributed by atoms with Crippen LogP contribution in [0.3, 0.4) is 0 Å². The van der Waals surface area contributed by atoms with Gasteiger partial charge in [-0.1, -0.05) is 40.5 Å². The van der Waals surface area contributed by atoms with Gasteiger partial charge in [0, 0.05) is 16.8 Å². The average Bonchev–Trinajstić information content (AvgIpc) is 3.02. The van der Waals surface area contributed by atoms with Gasteiger partial charge in [-0.15, -0.1) is 5.10 Å². The zero-order valence-electron chi connectivity index (χ0n) is 12.3. The number of ether oxygens (including phenoxy) is 1. The van der Waals surface area contributed by atoms with Crippen LogP contribution in [0.1, 0.15) is 5.56 Å². The van der Waals surface area contributed by atoms with Gasteiger partial charge in [-0.05, 0) is 18.2 Å². The van der Waals surface area contributed by atoms with Crippen LogP contribution in [-0.2, 0) is 12.9 Å². The van der Waals surface area contributed by atoms with Gasteiger partial charge in [0.1, 0.15) is 10.7 Å². The summed E-state index contributed by atoms with van der Waals surface area (Å²) in [5.41, 5.74) is 0.448. The maximum absolute atomic E-state index is 12.6. The summed E-state index contributed by atoms with van der Waals surface area (Å²) < 4.78 is 44.4. The van der Waals surface area contributed by atoms with Crippen molar-refractivity contribution in [2.75, 3.05) is 0 Å². The summed E-state index contributed by atoms with van der Waals surface area (Å²) in [6.45, 7) is -0.112. The van der Waals surface area contributed by atoms with Gasteiger partial charge >= 0.3 is 6.18 Å². The molecule has 5 nitrogen and oxygen atoms in total. The van der Waals surface area contributed by atoms with E-state index in [9.17, 15) is 13.2 Å². The van der Waals surface area contributed by atoms with Crippen LogP contribution in [0.2, 0.25) is 10.0 Å². The molecule has 25 heavy (non-hydrogen) atoms. The molecule has 130 valence electrons. The molecule has 3 aromatic rings. The molecule has 1 aromatic carbocycles. The molecule has 0 N–H and O–H groups in total. The van der Waals surface area contributed by atoms with E-state index < -0.39 is 11.7 Å². The van der Waals surface area contributed by atoms with Crippen molar-refractivity contribution in [3.63, 3.8) is 0 Å². The maximum Gasteiger partial charge on any atom is 0.417 e. The first-order valence-corrected chi connectivity index (χ1v) is 7.60. The summed E-state index contributed by atoms with van der Waals surface area (Å²) in [6.07, 6.45) is -2.25. The zero-order chi connectivity index (χ0) is 18.0. The second kappa shape index (κ2) is 6.89. The third kappa shape index (κ3) is 4.21. The Bertz CT molecular complexity index is 881. The van der Waals surface area contributed by atoms with E-state index in [1.54, 1.807) is 30.5 Å². The molecule has 3 rings (SSSR count). The number of hydrogen-bond acceptors (Lipinski definition) is 4. The number of pyridine rings is 1. The smallest absolute Gasteiger partial charge is 0.417 e. The highest BCUT2D eigenvalue weighted by Gasteiger charge is 2.31. The molecule has 10 heteroatoms. The zero-order valence-corrected chi connectivity index (χ0v) is 13.8. The summed E-state index contributed by atoms with van der Waals surface area (Å²) in [6, 6.07) is 7.76. The predicted molar refractivity (Wildman–Crippen MR) is 85.3 cm³/mol. The minimum absolute atomic E-state index is 0.112. The fourth-order valence-corrected chi connectivity index (χ4v) is 2.28. The lowest BCUT2D eigenvalue weighted by Crippen LogP contribution is -2.09. The van der Waals surface area contributed by atoms with Crippen molar-refractivity contribution in [1.82, 2.24) is 20.0 Å². The molecular formula is C15H9Cl2F3N4O. The van der Waals surface area contributed by atoms with Crippen molar-refractivity contribution in [2.45, 2.75) is 12.9 Å². The standard InChI is InChI=1S/C15H9Cl2F3N4O/c16-11-3-1-9(2-4-11)13-7-24(23-22-13)8-25-14-12(17)5-10(6-21-14)15(18,19)20/h1-7H,8H2. The van der Waals surface area contributed by atoms with Crippen molar-refractivity contribution in [2.24, 2.45) is 0 Å². The van der Waals surface area contributed by atoms with E-state index >= 15 is 0 Å². The Morgan fingerprint density at radius 3 is 2.48 bits per heavy atom. The van der Waals surface area contributed by atoms with E-state index in [0.717, 1.165) is 11.6 Å². The Morgan fingerprint density at radius 1 is 1.12 bits per heavy atom. The lowest BCUT2D eigenvalue weighted by atomic mass is 10.2. The first kappa shape index (κ1) is 17.5.